The zero-order valence-corrected chi connectivity index (χ0v) is 12.6. The summed E-state index contributed by atoms with van der Waals surface area (Å²) < 4.78 is 11.3. The molecular weight excluding hydrogens is 258 g/mol. The second kappa shape index (κ2) is 6.69. The van der Waals surface area contributed by atoms with Crippen LogP contribution in [0, 0.1) is 0 Å². The third-order valence-electron chi connectivity index (χ3n) is 2.96. The first-order valence-electron chi connectivity index (χ1n) is 7.09. The molecular formula is C13H23N5O2. The molecule has 0 bridgehead atoms. The lowest BCUT2D eigenvalue weighted by atomic mass is 10.2. The Morgan fingerprint density at radius 2 is 1.95 bits per heavy atom. The number of morpholine rings is 1. The van der Waals surface area contributed by atoms with Crippen LogP contribution in [0.15, 0.2) is 0 Å². The van der Waals surface area contributed by atoms with Gasteiger partial charge in [0.15, 0.2) is 0 Å². The van der Waals surface area contributed by atoms with E-state index in [1.807, 2.05) is 6.92 Å². The summed E-state index contributed by atoms with van der Waals surface area (Å²) in [5, 5.41) is 2.95. The van der Waals surface area contributed by atoms with Crippen molar-refractivity contribution in [3.05, 3.63) is 0 Å². The van der Waals surface area contributed by atoms with Crippen molar-refractivity contribution in [3.8, 4) is 6.01 Å². The summed E-state index contributed by atoms with van der Waals surface area (Å²) in [5.74, 6) is 1.16. The van der Waals surface area contributed by atoms with Gasteiger partial charge in [-0.25, -0.2) is 0 Å². The third kappa shape index (κ3) is 3.69. The maximum Gasteiger partial charge on any atom is 0.323 e. The van der Waals surface area contributed by atoms with Crippen LogP contribution >= 0.6 is 0 Å². The minimum Gasteiger partial charge on any atom is -0.463 e. The van der Waals surface area contributed by atoms with Gasteiger partial charge < -0.3 is 19.7 Å². The number of anilines is 2. The number of nitrogens with one attached hydrogen (secondary N) is 1. The molecule has 1 fully saturated rings. The molecule has 2 heterocycles. The van der Waals surface area contributed by atoms with Gasteiger partial charge in [0.05, 0.1) is 18.8 Å². The molecule has 0 aliphatic carbocycles. The summed E-state index contributed by atoms with van der Waals surface area (Å²) in [7, 11) is 1.78. The first-order valence-corrected chi connectivity index (χ1v) is 7.09. The van der Waals surface area contributed by atoms with Crippen LogP contribution in [-0.4, -0.2) is 53.9 Å². The third-order valence-corrected chi connectivity index (χ3v) is 2.96. The molecule has 0 aromatic carbocycles. The number of aromatic nitrogens is 3. The van der Waals surface area contributed by atoms with Crippen molar-refractivity contribution < 1.29 is 9.47 Å². The van der Waals surface area contributed by atoms with E-state index < -0.39 is 0 Å². The van der Waals surface area contributed by atoms with Gasteiger partial charge in [0, 0.05) is 20.1 Å². The van der Waals surface area contributed by atoms with Gasteiger partial charge in [-0.05, 0) is 20.3 Å². The molecule has 0 spiro atoms. The Hall–Kier alpha value is -1.63. The summed E-state index contributed by atoms with van der Waals surface area (Å²) >= 11 is 0. The van der Waals surface area contributed by atoms with E-state index in [2.05, 4.69) is 39.0 Å². The quantitative estimate of drug-likeness (QED) is 0.872. The van der Waals surface area contributed by atoms with E-state index in [9.17, 15) is 0 Å². The predicted octanol–water partition coefficient (Wildman–Crippen LogP) is 1.32. The highest BCUT2D eigenvalue weighted by Gasteiger charge is 2.25. The number of ether oxygens (including phenoxy) is 2. The lowest BCUT2D eigenvalue weighted by Crippen LogP contribution is -2.46. The summed E-state index contributed by atoms with van der Waals surface area (Å²) in [6.07, 6.45) is 1.24. The molecule has 1 aromatic heterocycles. The molecule has 1 aromatic rings. The van der Waals surface area contributed by atoms with Crippen molar-refractivity contribution in [2.24, 2.45) is 0 Å². The number of nitrogens with zero attached hydrogens (tertiary/aromatic N) is 4. The van der Waals surface area contributed by atoms with Crippen LogP contribution in [0.4, 0.5) is 11.9 Å². The Bertz CT molecular complexity index is 433. The topological polar surface area (TPSA) is 72.4 Å². The SMILES string of the molecule is CCCOc1nc(NC)nc(N2CC(C)OC(C)C2)n1. The van der Waals surface area contributed by atoms with Gasteiger partial charge in [-0.15, -0.1) is 0 Å². The van der Waals surface area contributed by atoms with Crippen molar-refractivity contribution in [1.82, 2.24) is 15.0 Å². The minimum absolute atomic E-state index is 0.161. The van der Waals surface area contributed by atoms with Gasteiger partial charge in [0.25, 0.3) is 0 Å². The highest BCUT2D eigenvalue weighted by Crippen LogP contribution is 2.19. The lowest BCUT2D eigenvalue weighted by molar-refractivity contribution is -0.00577. The molecule has 7 nitrogen and oxygen atoms in total. The van der Waals surface area contributed by atoms with Crippen LogP contribution in [0.5, 0.6) is 6.01 Å². The Kier molecular flexibility index (Phi) is 4.94. The van der Waals surface area contributed by atoms with E-state index >= 15 is 0 Å². The standard InChI is InChI=1S/C13H23N5O2/c1-5-6-19-13-16-11(14-4)15-12(17-13)18-7-9(2)20-10(3)8-18/h9-10H,5-8H2,1-4H3,(H,14,15,16,17). The highest BCUT2D eigenvalue weighted by molar-refractivity contribution is 5.38. The first kappa shape index (κ1) is 14.8. The van der Waals surface area contributed by atoms with E-state index in [1.165, 1.54) is 0 Å². The van der Waals surface area contributed by atoms with Gasteiger partial charge in [0.1, 0.15) is 0 Å². The maximum atomic E-state index is 5.73. The van der Waals surface area contributed by atoms with Gasteiger partial charge in [0.2, 0.25) is 11.9 Å². The Balaban J connectivity index is 2.20. The second-order valence-corrected chi connectivity index (χ2v) is 5.00. The molecule has 0 amide bonds. The van der Waals surface area contributed by atoms with E-state index in [0.29, 0.717) is 24.5 Å². The Labute approximate surface area is 119 Å². The molecule has 1 N–H and O–H groups in total. The van der Waals surface area contributed by atoms with Crippen molar-refractivity contribution >= 4 is 11.9 Å². The fourth-order valence-corrected chi connectivity index (χ4v) is 2.20. The zero-order valence-electron chi connectivity index (χ0n) is 12.6. The van der Waals surface area contributed by atoms with Crippen LogP contribution in [-0.2, 0) is 4.74 Å². The van der Waals surface area contributed by atoms with Crippen molar-refractivity contribution in [1.29, 1.82) is 0 Å². The van der Waals surface area contributed by atoms with E-state index in [-0.39, 0.29) is 12.2 Å². The molecule has 0 radical (unpaired) electrons. The Morgan fingerprint density at radius 1 is 1.25 bits per heavy atom. The molecule has 112 valence electrons. The van der Waals surface area contributed by atoms with Gasteiger partial charge in [-0.3, -0.25) is 0 Å². The number of hydrogen-bond acceptors (Lipinski definition) is 7. The van der Waals surface area contributed by atoms with Crippen molar-refractivity contribution in [3.63, 3.8) is 0 Å². The lowest BCUT2D eigenvalue weighted by Gasteiger charge is -2.35. The first-order chi connectivity index (χ1) is 9.62. The van der Waals surface area contributed by atoms with Crippen LogP contribution < -0.4 is 15.0 Å². The summed E-state index contributed by atoms with van der Waals surface area (Å²) in [6.45, 7) is 8.29. The van der Waals surface area contributed by atoms with Gasteiger partial charge >= 0.3 is 6.01 Å². The van der Waals surface area contributed by atoms with Crippen LogP contribution in [0.3, 0.4) is 0 Å². The largest absolute Gasteiger partial charge is 0.463 e. The van der Waals surface area contributed by atoms with Crippen LogP contribution in [0.25, 0.3) is 0 Å². The van der Waals surface area contributed by atoms with Crippen molar-refractivity contribution in [2.75, 3.05) is 37.0 Å². The molecule has 1 saturated heterocycles. The molecule has 2 atom stereocenters. The van der Waals surface area contributed by atoms with Crippen molar-refractivity contribution in [2.45, 2.75) is 39.4 Å². The van der Waals surface area contributed by atoms with Gasteiger partial charge in [-0.2, -0.15) is 15.0 Å². The maximum absolute atomic E-state index is 5.73. The zero-order chi connectivity index (χ0) is 14.5. The molecule has 1 aliphatic heterocycles. The van der Waals surface area contributed by atoms with E-state index in [4.69, 9.17) is 9.47 Å². The molecule has 2 rings (SSSR count). The predicted molar refractivity (Wildman–Crippen MR) is 77.4 cm³/mol. The van der Waals surface area contributed by atoms with Gasteiger partial charge in [-0.1, -0.05) is 6.92 Å². The van der Waals surface area contributed by atoms with Crippen LogP contribution in [0.2, 0.25) is 0 Å². The Morgan fingerprint density at radius 3 is 2.55 bits per heavy atom. The summed E-state index contributed by atoms with van der Waals surface area (Å²) in [6, 6.07) is 0.369. The smallest absolute Gasteiger partial charge is 0.323 e. The molecule has 0 saturated carbocycles. The average molecular weight is 281 g/mol. The fourth-order valence-electron chi connectivity index (χ4n) is 2.20. The number of hydrogen-bond donors (Lipinski definition) is 1. The molecule has 2 unspecified atom stereocenters. The number of rotatable bonds is 5. The van der Waals surface area contributed by atoms with E-state index in [0.717, 1.165) is 19.5 Å². The molecule has 1 aliphatic rings. The second-order valence-electron chi connectivity index (χ2n) is 5.00. The van der Waals surface area contributed by atoms with E-state index in [1.54, 1.807) is 7.05 Å². The summed E-state index contributed by atoms with van der Waals surface area (Å²) in [5.41, 5.74) is 0. The average Bonchev–Trinajstić information content (AvgIpc) is 2.43. The monoisotopic (exact) mass is 281 g/mol. The summed E-state index contributed by atoms with van der Waals surface area (Å²) in [4.78, 5) is 15.1. The molecule has 20 heavy (non-hydrogen) atoms. The fraction of sp³-hybridized carbons (Fsp3) is 0.769. The normalized spacial score (nSPS) is 22.7. The highest BCUT2D eigenvalue weighted by atomic mass is 16.5. The minimum atomic E-state index is 0.161. The van der Waals surface area contributed by atoms with Crippen LogP contribution in [0.1, 0.15) is 27.2 Å². The molecule has 7 heteroatoms.